The van der Waals surface area contributed by atoms with Crippen molar-refractivity contribution in [2.24, 2.45) is 0 Å². The molecular formula is C11H17NO3. The third kappa shape index (κ3) is 2.91. The summed E-state index contributed by atoms with van der Waals surface area (Å²) in [7, 11) is 2.97. The fraction of sp³-hybridized carbons (Fsp3) is 0.545. The number of rotatable bonds is 5. The molecule has 84 valence electrons. The number of methoxy groups -OCH3 is 2. The van der Waals surface area contributed by atoms with E-state index in [0.29, 0.717) is 17.0 Å². The van der Waals surface area contributed by atoms with Crippen molar-refractivity contribution in [3.63, 3.8) is 0 Å². The molecule has 4 heteroatoms. The zero-order valence-corrected chi connectivity index (χ0v) is 9.16. The molecule has 0 fully saturated rings. The summed E-state index contributed by atoms with van der Waals surface area (Å²) in [5, 5.41) is 0. The number of aromatic nitrogens is 1. The van der Waals surface area contributed by atoms with Gasteiger partial charge < -0.3 is 14.2 Å². The Morgan fingerprint density at radius 3 is 2.87 bits per heavy atom. The van der Waals surface area contributed by atoms with E-state index in [1.54, 1.807) is 6.92 Å². The summed E-state index contributed by atoms with van der Waals surface area (Å²) >= 11 is 0. The van der Waals surface area contributed by atoms with E-state index in [-0.39, 0.29) is 19.0 Å². The molecule has 1 aromatic heterocycles. The molecule has 15 heavy (non-hydrogen) atoms. The van der Waals surface area contributed by atoms with Gasteiger partial charge in [-0.05, 0) is 13.8 Å². The lowest BCUT2D eigenvalue weighted by Gasteiger charge is -2.12. The Balaban J connectivity index is 3.05. The third-order valence-electron chi connectivity index (χ3n) is 2.01. The number of aryl methyl sites for hydroxylation is 1. The molecule has 0 saturated heterocycles. The van der Waals surface area contributed by atoms with Crippen LogP contribution in [0.4, 0.5) is 0 Å². The van der Waals surface area contributed by atoms with Gasteiger partial charge in [0.2, 0.25) is 0 Å². The van der Waals surface area contributed by atoms with E-state index in [2.05, 4.69) is 4.98 Å². The number of hydrogen-bond acceptors (Lipinski definition) is 4. The van der Waals surface area contributed by atoms with Crippen molar-refractivity contribution in [3.05, 3.63) is 23.0 Å². The lowest BCUT2D eigenvalue weighted by atomic mass is 10.1. The molecule has 4 nitrogen and oxygen atoms in total. The minimum Gasteiger partial charge on any atom is -0.496 e. The fourth-order valence-corrected chi connectivity index (χ4v) is 1.26. The van der Waals surface area contributed by atoms with Crippen molar-refractivity contribution in [2.75, 3.05) is 21.0 Å². The molecule has 0 atom stereocenters. The van der Waals surface area contributed by atoms with Crippen LogP contribution in [0.25, 0.3) is 0 Å². The molecule has 0 bridgehead atoms. The average Bonchev–Trinajstić information content (AvgIpc) is 2.29. The summed E-state index contributed by atoms with van der Waals surface area (Å²) in [4.78, 5) is 4.10. The molecule has 0 N–H and O–H groups in total. The highest BCUT2D eigenvalue weighted by Gasteiger charge is 2.08. The highest BCUT2D eigenvalue weighted by atomic mass is 16.7. The topological polar surface area (TPSA) is 40.6 Å². The summed E-state index contributed by atoms with van der Waals surface area (Å²) in [5.74, 6) is 0.334. The molecule has 0 spiro atoms. The number of nitrogens with zero attached hydrogens (tertiary/aromatic N) is 1. The number of hydrogen-bond donors (Lipinski definition) is 0. The highest BCUT2D eigenvalue weighted by Crippen LogP contribution is 2.24. The van der Waals surface area contributed by atoms with Crippen molar-refractivity contribution >= 4 is 0 Å². The zero-order valence-electron chi connectivity index (χ0n) is 12.2. The van der Waals surface area contributed by atoms with Gasteiger partial charge in [0.1, 0.15) is 12.5 Å². The highest BCUT2D eigenvalue weighted by molar-refractivity contribution is 5.40. The second kappa shape index (κ2) is 5.68. The van der Waals surface area contributed by atoms with Crippen molar-refractivity contribution in [3.8, 4) is 5.75 Å². The molecule has 0 aliphatic rings. The SMILES string of the molecule is [2H]C([2H])([2H])c1cnc(COCOC)c(C)c1OC. The minimum absolute atomic E-state index is 0.109. The van der Waals surface area contributed by atoms with E-state index in [4.69, 9.17) is 18.3 Å². The smallest absolute Gasteiger partial charge is 0.146 e. The molecule has 0 amide bonds. The Morgan fingerprint density at radius 1 is 1.47 bits per heavy atom. The summed E-state index contributed by atoms with van der Waals surface area (Å²) in [6, 6.07) is 0. The second-order valence-electron chi connectivity index (χ2n) is 3.03. The van der Waals surface area contributed by atoms with Crippen LogP contribution in [0.3, 0.4) is 0 Å². The molecule has 0 radical (unpaired) electrons. The summed E-state index contributed by atoms with van der Waals surface area (Å²) in [6.07, 6.45) is 1.31. The molecule has 0 unspecified atom stereocenters. The molecule has 0 aromatic carbocycles. The van der Waals surface area contributed by atoms with E-state index in [0.717, 1.165) is 0 Å². The number of ether oxygens (including phenoxy) is 3. The third-order valence-corrected chi connectivity index (χ3v) is 2.01. The first kappa shape index (κ1) is 8.07. The molecular weight excluding hydrogens is 194 g/mol. The van der Waals surface area contributed by atoms with E-state index in [1.807, 2.05) is 0 Å². The molecule has 1 aromatic rings. The van der Waals surface area contributed by atoms with E-state index in [1.165, 1.54) is 20.4 Å². The van der Waals surface area contributed by atoms with E-state index < -0.39 is 6.85 Å². The first-order valence-corrected chi connectivity index (χ1v) is 4.51. The molecule has 1 rings (SSSR count). The van der Waals surface area contributed by atoms with Crippen LogP contribution >= 0.6 is 0 Å². The van der Waals surface area contributed by atoms with Crippen LogP contribution in [-0.2, 0) is 16.1 Å². The van der Waals surface area contributed by atoms with Gasteiger partial charge in [-0.15, -0.1) is 0 Å². The Morgan fingerprint density at radius 2 is 2.27 bits per heavy atom. The van der Waals surface area contributed by atoms with E-state index in [9.17, 15) is 0 Å². The van der Waals surface area contributed by atoms with Crippen molar-refractivity contribution in [2.45, 2.75) is 20.4 Å². The Labute approximate surface area is 94.4 Å². The van der Waals surface area contributed by atoms with Gasteiger partial charge in [0.15, 0.2) is 0 Å². The Bertz CT molecular complexity index is 407. The first-order chi connectivity index (χ1) is 8.41. The fourth-order valence-electron chi connectivity index (χ4n) is 1.26. The number of pyridine rings is 1. The normalized spacial score (nSPS) is 14.2. The van der Waals surface area contributed by atoms with Crippen LogP contribution < -0.4 is 4.74 Å². The Kier molecular flexibility index (Phi) is 3.06. The van der Waals surface area contributed by atoms with Crippen molar-refractivity contribution in [1.82, 2.24) is 4.98 Å². The second-order valence-corrected chi connectivity index (χ2v) is 3.03. The average molecular weight is 214 g/mol. The van der Waals surface area contributed by atoms with Gasteiger partial charge in [-0.25, -0.2) is 0 Å². The molecule has 0 aliphatic carbocycles. The van der Waals surface area contributed by atoms with Crippen LogP contribution in [0.5, 0.6) is 5.75 Å². The van der Waals surface area contributed by atoms with Gasteiger partial charge in [0.25, 0.3) is 0 Å². The van der Waals surface area contributed by atoms with Gasteiger partial charge in [-0.1, -0.05) is 0 Å². The van der Waals surface area contributed by atoms with Gasteiger partial charge >= 0.3 is 0 Å². The predicted molar refractivity (Wildman–Crippen MR) is 56.9 cm³/mol. The predicted octanol–water partition coefficient (Wildman–Crippen LogP) is 1.83. The molecule has 0 aliphatic heterocycles. The maximum atomic E-state index is 7.41. The maximum absolute atomic E-state index is 7.41. The van der Waals surface area contributed by atoms with Crippen LogP contribution in [-0.4, -0.2) is 26.0 Å². The van der Waals surface area contributed by atoms with Crippen LogP contribution in [0.1, 0.15) is 20.9 Å². The molecule has 1 heterocycles. The molecule has 0 saturated carbocycles. The quantitative estimate of drug-likeness (QED) is 0.554. The zero-order chi connectivity index (χ0) is 13.8. The monoisotopic (exact) mass is 214 g/mol. The minimum atomic E-state index is -2.24. The Hall–Kier alpha value is -1.13. The summed E-state index contributed by atoms with van der Waals surface area (Å²) in [6.45, 7) is -0.0800. The summed E-state index contributed by atoms with van der Waals surface area (Å²) in [5.41, 5.74) is 1.41. The van der Waals surface area contributed by atoms with Crippen LogP contribution in [0.15, 0.2) is 6.20 Å². The first-order valence-electron chi connectivity index (χ1n) is 6.01. The van der Waals surface area contributed by atoms with Crippen molar-refractivity contribution in [1.29, 1.82) is 0 Å². The van der Waals surface area contributed by atoms with Crippen LogP contribution in [0.2, 0.25) is 0 Å². The van der Waals surface area contributed by atoms with Gasteiger partial charge in [-0.3, -0.25) is 4.98 Å². The maximum Gasteiger partial charge on any atom is 0.146 e. The van der Waals surface area contributed by atoms with Gasteiger partial charge in [0, 0.05) is 28.5 Å². The van der Waals surface area contributed by atoms with Gasteiger partial charge in [0.05, 0.1) is 19.4 Å². The largest absolute Gasteiger partial charge is 0.496 e. The van der Waals surface area contributed by atoms with Gasteiger partial charge in [-0.2, -0.15) is 0 Å². The lowest BCUT2D eigenvalue weighted by molar-refractivity contribution is -0.0403. The summed E-state index contributed by atoms with van der Waals surface area (Å²) < 4.78 is 37.4. The lowest BCUT2D eigenvalue weighted by Crippen LogP contribution is -2.03. The van der Waals surface area contributed by atoms with Crippen LogP contribution in [0, 0.1) is 13.8 Å². The standard InChI is InChI=1S/C11H17NO3/c1-8-5-12-10(6-15-7-13-3)9(2)11(8)14-4/h5H,6-7H2,1-4H3/i1D3. The van der Waals surface area contributed by atoms with Crippen molar-refractivity contribution < 1.29 is 18.3 Å². The van der Waals surface area contributed by atoms with E-state index >= 15 is 0 Å².